The maximum absolute atomic E-state index is 13.7. The number of nitrogens with zero attached hydrogens (tertiary/aromatic N) is 2. The normalized spacial score (nSPS) is 20.8. The number of hydrogen-bond donors (Lipinski definition) is 1. The Bertz CT molecular complexity index is 585. The minimum Gasteiger partial charge on any atom is -0.312 e. The molecule has 2 aromatic rings. The highest BCUT2D eigenvalue weighted by Gasteiger charge is 2.17. The molecule has 0 spiro atoms. The van der Waals surface area contributed by atoms with Crippen LogP contribution in [0.5, 0.6) is 0 Å². The van der Waals surface area contributed by atoms with E-state index in [1.165, 1.54) is 0 Å². The van der Waals surface area contributed by atoms with Crippen molar-refractivity contribution in [2.75, 3.05) is 19.6 Å². The van der Waals surface area contributed by atoms with Gasteiger partial charge < -0.3 is 5.32 Å². The van der Waals surface area contributed by atoms with E-state index in [2.05, 4.69) is 22.1 Å². The first kappa shape index (κ1) is 12.5. The second-order valence-electron chi connectivity index (χ2n) is 5.20. The number of halogens is 1. The fourth-order valence-electron chi connectivity index (χ4n) is 2.72. The SMILES string of the molecule is C[C@@H]1CN(Cc2ccc(F)c3cccnc23)CCN1. The van der Waals surface area contributed by atoms with E-state index in [0.717, 1.165) is 37.3 Å². The molecule has 1 aromatic heterocycles. The Balaban J connectivity index is 1.90. The van der Waals surface area contributed by atoms with Gasteiger partial charge in [-0.3, -0.25) is 9.88 Å². The van der Waals surface area contributed by atoms with Gasteiger partial charge in [0.2, 0.25) is 0 Å². The Labute approximate surface area is 112 Å². The molecule has 3 nitrogen and oxygen atoms in total. The van der Waals surface area contributed by atoms with Gasteiger partial charge >= 0.3 is 0 Å². The summed E-state index contributed by atoms with van der Waals surface area (Å²) < 4.78 is 13.7. The lowest BCUT2D eigenvalue weighted by atomic mass is 10.1. The molecule has 1 aromatic carbocycles. The third-order valence-electron chi connectivity index (χ3n) is 3.65. The number of nitrogens with one attached hydrogen (secondary N) is 1. The molecule has 100 valence electrons. The maximum Gasteiger partial charge on any atom is 0.132 e. The number of piperazine rings is 1. The van der Waals surface area contributed by atoms with Gasteiger partial charge in [-0.05, 0) is 30.7 Å². The Morgan fingerprint density at radius 3 is 3.16 bits per heavy atom. The van der Waals surface area contributed by atoms with Crippen molar-refractivity contribution in [3.05, 3.63) is 41.8 Å². The standard InChI is InChI=1S/C15H18FN3/c1-11-9-19(8-7-17-11)10-12-4-5-14(16)13-3-2-6-18-15(12)13/h2-6,11,17H,7-10H2,1H3/t11-/m1/s1. The number of pyridine rings is 1. The summed E-state index contributed by atoms with van der Waals surface area (Å²) in [6, 6.07) is 7.49. The van der Waals surface area contributed by atoms with Crippen molar-refractivity contribution in [2.45, 2.75) is 19.5 Å². The molecule has 19 heavy (non-hydrogen) atoms. The lowest BCUT2D eigenvalue weighted by Crippen LogP contribution is -2.48. The summed E-state index contributed by atoms with van der Waals surface area (Å²) in [5.74, 6) is -0.194. The van der Waals surface area contributed by atoms with Crippen LogP contribution < -0.4 is 5.32 Å². The molecule has 0 saturated carbocycles. The molecule has 1 atom stereocenters. The summed E-state index contributed by atoms with van der Waals surface area (Å²) in [6.07, 6.45) is 1.73. The van der Waals surface area contributed by atoms with Gasteiger partial charge in [0.15, 0.2) is 0 Å². The Hall–Kier alpha value is -1.52. The van der Waals surface area contributed by atoms with Crippen LogP contribution >= 0.6 is 0 Å². The minimum atomic E-state index is -0.194. The first-order valence-corrected chi connectivity index (χ1v) is 6.72. The van der Waals surface area contributed by atoms with Crippen molar-refractivity contribution in [1.29, 1.82) is 0 Å². The lowest BCUT2D eigenvalue weighted by molar-refractivity contribution is 0.200. The molecular weight excluding hydrogens is 241 g/mol. The highest BCUT2D eigenvalue weighted by Crippen LogP contribution is 2.21. The van der Waals surface area contributed by atoms with Gasteiger partial charge in [-0.15, -0.1) is 0 Å². The van der Waals surface area contributed by atoms with Gasteiger partial charge in [0.05, 0.1) is 5.52 Å². The molecule has 1 fully saturated rings. The van der Waals surface area contributed by atoms with Crippen LogP contribution in [0.2, 0.25) is 0 Å². The van der Waals surface area contributed by atoms with Crippen LogP contribution in [0, 0.1) is 5.82 Å². The van der Waals surface area contributed by atoms with E-state index in [-0.39, 0.29) is 5.82 Å². The Morgan fingerprint density at radius 2 is 2.32 bits per heavy atom. The summed E-state index contributed by atoms with van der Waals surface area (Å²) in [5.41, 5.74) is 1.89. The van der Waals surface area contributed by atoms with Gasteiger partial charge in [0.25, 0.3) is 0 Å². The average molecular weight is 259 g/mol. The molecule has 1 N–H and O–H groups in total. The molecule has 0 amide bonds. The number of fused-ring (bicyclic) bond motifs is 1. The van der Waals surface area contributed by atoms with Gasteiger partial charge in [0.1, 0.15) is 5.82 Å². The molecule has 0 unspecified atom stereocenters. The summed E-state index contributed by atoms with van der Waals surface area (Å²) in [6.45, 7) is 6.07. The monoisotopic (exact) mass is 259 g/mol. The Morgan fingerprint density at radius 1 is 1.42 bits per heavy atom. The molecule has 1 saturated heterocycles. The zero-order valence-electron chi connectivity index (χ0n) is 11.1. The van der Waals surface area contributed by atoms with Crippen LogP contribution in [-0.2, 0) is 6.54 Å². The first-order valence-electron chi connectivity index (χ1n) is 6.72. The molecule has 3 rings (SSSR count). The molecule has 0 aliphatic carbocycles. The van der Waals surface area contributed by atoms with E-state index >= 15 is 0 Å². The first-order chi connectivity index (χ1) is 9.24. The van der Waals surface area contributed by atoms with E-state index in [0.29, 0.717) is 11.4 Å². The zero-order chi connectivity index (χ0) is 13.2. The smallest absolute Gasteiger partial charge is 0.132 e. The highest BCUT2D eigenvalue weighted by molar-refractivity contribution is 5.82. The van der Waals surface area contributed by atoms with Crippen molar-refractivity contribution in [3.8, 4) is 0 Å². The van der Waals surface area contributed by atoms with Crippen LogP contribution in [0.1, 0.15) is 12.5 Å². The second kappa shape index (κ2) is 5.23. The van der Waals surface area contributed by atoms with Crippen molar-refractivity contribution in [3.63, 3.8) is 0 Å². The lowest BCUT2D eigenvalue weighted by Gasteiger charge is -2.31. The van der Waals surface area contributed by atoms with Crippen LogP contribution in [0.25, 0.3) is 10.9 Å². The molecule has 2 heterocycles. The highest BCUT2D eigenvalue weighted by atomic mass is 19.1. The van der Waals surface area contributed by atoms with Crippen molar-refractivity contribution in [1.82, 2.24) is 15.2 Å². The summed E-state index contributed by atoms with van der Waals surface area (Å²) in [4.78, 5) is 6.74. The molecule has 0 bridgehead atoms. The third kappa shape index (κ3) is 2.60. The van der Waals surface area contributed by atoms with Gasteiger partial charge in [-0.1, -0.05) is 6.07 Å². The summed E-state index contributed by atoms with van der Waals surface area (Å²) >= 11 is 0. The predicted octanol–water partition coefficient (Wildman–Crippen LogP) is 2.17. The quantitative estimate of drug-likeness (QED) is 0.896. The molecule has 4 heteroatoms. The van der Waals surface area contributed by atoms with Crippen LogP contribution in [-0.4, -0.2) is 35.6 Å². The van der Waals surface area contributed by atoms with Gasteiger partial charge in [-0.2, -0.15) is 0 Å². The van der Waals surface area contributed by atoms with Crippen LogP contribution in [0.4, 0.5) is 4.39 Å². The number of hydrogen-bond acceptors (Lipinski definition) is 3. The fraction of sp³-hybridized carbons (Fsp3) is 0.400. The van der Waals surface area contributed by atoms with E-state index < -0.39 is 0 Å². The van der Waals surface area contributed by atoms with Crippen molar-refractivity contribution >= 4 is 10.9 Å². The average Bonchev–Trinajstić information content (AvgIpc) is 2.42. The van der Waals surface area contributed by atoms with E-state index in [1.54, 1.807) is 24.4 Å². The number of aromatic nitrogens is 1. The third-order valence-corrected chi connectivity index (χ3v) is 3.65. The van der Waals surface area contributed by atoms with Crippen molar-refractivity contribution in [2.24, 2.45) is 0 Å². The predicted molar refractivity (Wildman–Crippen MR) is 74.4 cm³/mol. The largest absolute Gasteiger partial charge is 0.312 e. The van der Waals surface area contributed by atoms with Crippen LogP contribution in [0.3, 0.4) is 0 Å². The molecular formula is C15H18FN3. The number of benzene rings is 1. The molecule has 1 aliphatic rings. The second-order valence-corrected chi connectivity index (χ2v) is 5.20. The maximum atomic E-state index is 13.7. The van der Waals surface area contributed by atoms with Crippen molar-refractivity contribution < 1.29 is 4.39 Å². The molecule has 0 radical (unpaired) electrons. The minimum absolute atomic E-state index is 0.194. The van der Waals surface area contributed by atoms with Crippen LogP contribution in [0.15, 0.2) is 30.5 Å². The van der Waals surface area contributed by atoms with Gasteiger partial charge in [-0.25, -0.2) is 4.39 Å². The van der Waals surface area contributed by atoms with E-state index in [1.807, 2.05) is 6.07 Å². The Kier molecular flexibility index (Phi) is 3.44. The number of rotatable bonds is 2. The fourth-order valence-corrected chi connectivity index (χ4v) is 2.72. The summed E-state index contributed by atoms with van der Waals surface area (Å²) in [5, 5.41) is 4.04. The van der Waals surface area contributed by atoms with E-state index in [4.69, 9.17) is 0 Å². The summed E-state index contributed by atoms with van der Waals surface area (Å²) in [7, 11) is 0. The molecule has 1 aliphatic heterocycles. The van der Waals surface area contributed by atoms with Gasteiger partial charge in [0, 0.05) is 43.8 Å². The zero-order valence-corrected chi connectivity index (χ0v) is 11.1. The van der Waals surface area contributed by atoms with E-state index in [9.17, 15) is 4.39 Å². The topological polar surface area (TPSA) is 28.2 Å².